The average Bonchev–Trinajstić information content (AvgIpc) is 2.46. The fourth-order valence-electron chi connectivity index (χ4n) is 2.36. The Balaban J connectivity index is 1.94. The van der Waals surface area contributed by atoms with E-state index in [0.717, 1.165) is 38.3 Å². The van der Waals surface area contributed by atoms with Crippen LogP contribution < -0.4 is 10.1 Å². The Bertz CT molecular complexity index is 408. The molecule has 4 nitrogen and oxygen atoms in total. The highest BCUT2D eigenvalue weighted by atomic mass is 35.5. The molecule has 106 valence electrons. The second-order valence-electron chi connectivity index (χ2n) is 4.78. The van der Waals surface area contributed by atoms with Gasteiger partial charge in [0.1, 0.15) is 5.75 Å². The fraction of sp³-hybridized carbons (Fsp3) is 0.571. The van der Waals surface area contributed by atoms with Crippen LogP contribution in [0.3, 0.4) is 0 Å². The van der Waals surface area contributed by atoms with Crippen molar-refractivity contribution in [1.82, 2.24) is 10.2 Å². The normalized spacial score (nSPS) is 18.3. The summed E-state index contributed by atoms with van der Waals surface area (Å²) in [5, 5.41) is 14.2. The smallest absolute Gasteiger partial charge is 0.124 e. The van der Waals surface area contributed by atoms with E-state index >= 15 is 0 Å². The number of aliphatic hydroxyl groups excluding tert-OH is 1. The SMILES string of the molecule is COc1ccc(Cl)cc1C(O)CCN1CCNCC1. The number of benzene rings is 1. The molecule has 1 atom stereocenters. The van der Waals surface area contributed by atoms with Gasteiger partial charge in [0, 0.05) is 43.3 Å². The molecule has 0 spiro atoms. The van der Waals surface area contributed by atoms with Crippen molar-refractivity contribution < 1.29 is 9.84 Å². The van der Waals surface area contributed by atoms with Crippen molar-refractivity contribution in [2.24, 2.45) is 0 Å². The molecule has 0 aromatic heterocycles. The number of rotatable bonds is 5. The van der Waals surface area contributed by atoms with E-state index in [-0.39, 0.29) is 0 Å². The molecule has 1 heterocycles. The number of ether oxygens (including phenoxy) is 1. The van der Waals surface area contributed by atoms with E-state index in [1.54, 1.807) is 25.3 Å². The molecule has 1 unspecified atom stereocenters. The molecule has 19 heavy (non-hydrogen) atoms. The largest absolute Gasteiger partial charge is 0.496 e. The summed E-state index contributed by atoms with van der Waals surface area (Å²) in [6, 6.07) is 5.35. The fourth-order valence-corrected chi connectivity index (χ4v) is 2.54. The molecule has 1 saturated heterocycles. The topological polar surface area (TPSA) is 44.7 Å². The zero-order valence-electron chi connectivity index (χ0n) is 11.2. The van der Waals surface area contributed by atoms with Gasteiger partial charge in [0.15, 0.2) is 0 Å². The van der Waals surface area contributed by atoms with E-state index in [0.29, 0.717) is 17.2 Å². The maximum Gasteiger partial charge on any atom is 0.124 e. The van der Waals surface area contributed by atoms with Crippen LogP contribution in [0, 0.1) is 0 Å². The molecule has 1 aliphatic heterocycles. The molecular formula is C14H21ClN2O2. The van der Waals surface area contributed by atoms with E-state index in [4.69, 9.17) is 16.3 Å². The quantitative estimate of drug-likeness (QED) is 0.863. The van der Waals surface area contributed by atoms with E-state index in [1.165, 1.54) is 0 Å². The Morgan fingerprint density at radius 1 is 1.42 bits per heavy atom. The van der Waals surface area contributed by atoms with Gasteiger partial charge in [-0.1, -0.05) is 11.6 Å². The number of piperazine rings is 1. The molecule has 5 heteroatoms. The summed E-state index contributed by atoms with van der Waals surface area (Å²) in [5.41, 5.74) is 0.769. The second-order valence-corrected chi connectivity index (χ2v) is 5.22. The Morgan fingerprint density at radius 3 is 2.84 bits per heavy atom. The van der Waals surface area contributed by atoms with Crippen molar-refractivity contribution in [3.05, 3.63) is 28.8 Å². The van der Waals surface area contributed by atoms with Crippen molar-refractivity contribution in [2.45, 2.75) is 12.5 Å². The van der Waals surface area contributed by atoms with Crippen molar-refractivity contribution >= 4 is 11.6 Å². The summed E-state index contributed by atoms with van der Waals surface area (Å²) >= 11 is 5.98. The molecule has 0 saturated carbocycles. The zero-order valence-corrected chi connectivity index (χ0v) is 12.0. The highest BCUT2D eigenvalue weighted by molar-refractivity contribution is 6.30. The molecule has 0 bridgehead atoms. The lowest BCUT2D eigenvalue weighted by molar-refractivity contribution is 0.134. The molecule has 1 aromatic carbocycles. The minimum absolute atomic E-state index is 0.538. The van der Waals surface area contributed by atoms with E-state index < -0.39 is 6.10 Å². The lowest BCUT2D eigenvalue weighted by Crippen LogP contribution is -2.44. The van der Waals surface area contributed by atoms with E-state index in [9.17, 15) is 5.11 Å². The Kier molecular flexibility index (Phi) is 5.45. The van der Waals surface area contributed by atoms with Crippen LogP contribution >= 0.6 is 11.6 Å². The molecule has 2 N–H and O–H groups in total. The summed E-state index contributed by atoms with van der Waals surface area (Å²) in [6.07, 6.45) is 0.153. The third-order valence-electron chi connectivity index (χ3n) is 3.48. The van der Waals surface area contributed by atoms with Gasteiger partial charge in [-0.15, -0.1) is 0 Å². The van der Waals surface area contributed by atoms with Crippen LogP contribution in [-0.2, 0) is 0 Å². The van der Waals surface area contributed by atoms with Gasteiger partial charge in [-0.05, 0) is 24.6 Å². The van der Waals surface area contributed by atoms with Crippen molar-refractivity contribution in [2.75, 3.05) is 39.8 Å². The number of nitrogens with one attached hydrogen (secondary N) is 1. The lowest BCUT2D eigenvalue weighted by Gasteiger charge is -2.28. The molecule has 1 aliphatic rings. The number of methoxy groups -OCH3 is 1. The number of aliphatic hydroxyl groups is 1. The lowest BCUT2D eigenvalue weighted by atomic mass is 10.0. The Morgan fingerprint density at radius 2 is 2.16 bits per heavy atom. The van der Waals surface area contributed by atoms with Crippen LogP contribution in [0.25, 0.3) is 0 Å². The number of hydrogen-bond acceptors (Lipinski definition) is 4. The first-order chi connectivity index (χ1) is 9.20. The standard InChI is InChI=1S/C14H21ClN2O2/c1-19-14-3-2-11(15)10-12(14)13(18)4-7-17-8-5-16-6-9-17/h2-3,10,13,16,18H,4-9H2,1H3. The summed E-state index contributed by atoms with van der Waals surface area (Å²) in [6.45, 7) is 5.02. The van der Waals surface area contributed by atoms with E-state index in [2.05, 4.69) is 10.2 Å². The van der Waals surface area contributed by atoms with E-state index in [1.807, 2.05) is 0 Å². The van der Waals surface area contributed by atoms with Crippen LogP contribution in [0.5, 0.6) is 5.75 Å². The number of nitrogens with zero attached hydrogens (tertiary/aromatic N) is 1. The first kappa shape index (κ1) is 14.6. The van der Waals surface area contributed by atoms with Gasteiger partial charge >= 0.3 is 0 Å². The minimum atomic E-state index is -0.538. The monoisotopic (exact) mass is 284 g/mol. The van der Waals surface area contributed by atoms with Gasteiger partial charge in [0.05, 0.1) is 13.2 Å². The van der Waals surface area contributed by atoms with Crippen LogP contribution in [0.1, 0.15) is 18.1 Å². The van der Waals surface area contributed by atoms with Gasteiger partial charge in [-0.25, -0.2) is 0 Å². The third kappa shape index (κ3) is 4.08. The Labute approximate surface area is 119 Å². The first-order valence-corrected chi connectivity index (χ1v) is 7.03. The first-order valence-electron chi connectivity index (χ1n) is 6.65. The molecular weight excluding hydrogens is 264 g/mol. The van der Waals surface area contributed by atoms with Crippen LogP contribution in [0.4, 0.5) is 0 Å². The Hall–Kier alpha value is -0.810. The van der Waals surface area contributed by atoms with Gasteiger partial charge in [0.2, 0.25) is 0 Å². The average molecular weight is 285 g/mol. The van der Waals surface area contributed by atoms with Gasteiger partial charge in [-0.2, -0.15) is 0 Å². The highest BCUT2D eigenvalue weighted by Crippen LogP contribution is 2.30. The zero-order chi connectivity index (χ0) is 13.7. The molecule has 1 aromatic rings. The molecule has 0 aliphatic carbocycles. The second kappa shape index (κ2) is 7.10. The van der Waals surface area contributed by atoms with Crippen LogP contribution in [0.2, 0.25) is 5.02 Å². The van der Waals surface area contributed by atoms with Gasteiger partial charge in [0.25, 0.3) is 0 Å². The van der Waals surface area contributed by atoms with Crippen LogP contribution in [-0.4, -0.2) is 49.8 Å². The number of hydrogen-bond donors (Lipinski definition) is 2. The summed E-state index contributed by atoms with van der Waals surface area (Å²) in [4.78, 5) is 2.36. The molecule has 0 radical (unpaired) electrons. The summed E-state index contributed by atoms with van der Waals surface area (Å²) < 4.78 is 5.27. The highest BCUT2D eigenvalue weighted by Gasteiger charge is 2.16. The number of halogens is 1. The van der Waals surface area contributed by atoms with Gasteiger partial charge < -0.3 is 20.1 Å². The van der Waals surface area contributed by atoms with Gasteiger partial charge in [-0.3, -0.25) is 0 Å². The summed E-state index contributed by atoms with van der Waals surface area (Å²) in [7, 11) is 1.61. The molecule has 2 rings (SSSR count). The van der Waals surface area contributed by atoms with Crippen molar-refractivity contribution in [1.29, 1.82) is 0 Å². The maximum absolute atomic E-state index is 10.3. The maximum atomic E-state index is 10.3. The minimum Gasteiger partial charge on any atom is -0.496 e. The molecule has 0 amide bonds. The molecule has 1 fully saturated rings. The van der Waals surface area contributed by atoms with Crippen LogP contribution in [0.15, 0.2) is 18.2 Å². The summed E-state index contributed by atoms with van der Waals surface area (Å²) in [5.74, 6) is 0.692. The third-order valence-corrected chi connectivity index (χ3v) is 3.71. The van der Waals surface area contributed by atoms with Crippen molar-refractivity contribution in [3.63, 3.8) is 0 Å². The predicted molar refractivity (Wildman–Crippen MR) is 76.9 cm³/mol. The van der Waals surface area contributed by atoms with Crippen molar-refractivity contribution in [3.8, 4) is 5.75 Å². The predicted octanol–water partition coefficient (Wildman–Crippen LogP) is 1.68.